The molecular weight excluding hydrogens is 305 g/mol. The fourth-order valence-corrected chi connectivity index (χ4v) is 4.04. The minimum absolute atomic E-state index is 0.285. The van der Waals surface area contributed by atoms with Crippen molar-refractivity contribution in [2.75, 3.05) is 13.1 Å². The number of Topliss-reactive ketones (excluding diaryl/α,β-unsaturated/α-hetero) is 1. The molecule has 0 radical (unpaired) electrons. The molecular formula is C17H23Cl2NO. The van der Waals surface area contributed by atoms with E-state index in [0.29, 0.717) is 22.2 Å². The number of ketones is 1. The Hall–Kier alpha value is -0.570. The Bertz CT molecular complexity index is 506. The first kappa shape index (κ1) is 16.8. The summed E-state index contributed by atoms with van der Waals surface area (Å²) in [6.07, 6.45) is 4.61. The smallest absolute Gasteiger partial charge is 0.157 e. The van der Waals surface area contributed by atoms with Crippen LogP contribution in [0.3, 0.4) is 0 Å². The maximum atomic E-state index is 13.0. The molecule has 4 heteroatoms. The summed E-state index contributed by atoms with van der Waals surface area (Å²) in [6.45, 7) is 6.09. The fraction of sp³-hybridized carbons (Fsp3) is 0.588. The van der Waals surface area contributed by atoms with Crippen LogP contribution < -0.4 is 0 Å². The van der Waals surface area contributed by atoms with Gasteiger partial charge in [-0.15, -0.1) is 0 Å². The third-order valence-corrected chi connectivity index (χ3v) is 5.27. The summed E-state index contributed by atoms with van der Waals surface area (Å²) in [5, 5.41) is 1.19. The van der Waals surface area contributed by atoms with Crippen LogP contribution in [-0.4, -0.2) is 29.3 Å². The van der Waals surface area contributed by atoms with Gasteiger partial charge in [-0.05, 0) is 43.6 Å². The molecule has 1 fully saturated rings. The van der Waals surface area contributed by atoms with Gasteiger partial charge in [0.05, 0.1) is 5.54 Å². The van der Waals surface area contributed by atoms with E-state index in [2.05, 4.69) is 18.7 Å². The van der Waals surface area contributed by atoms with Crippen LogP contribution in [0.4, 0.5) is 0 Å². The summed E-state index contributed by atoms with van der Waals surface area (Å²) >= 11 is 12.1. The van der Waals surface area contributed by atoms with Crippen molar-refractivity contribution >= 4 is 29.0 Å². The van der Waals surface area contributed by atoms with Crippen molar-refractivity contribution in [3.05, 3.63) is 33.8 Å². The van der Waals surface area contributed by atoms with E-state index >= 15 is 0 Å². The van der Waals surface area contributed by atoms with Crippen LogP contribution in [0.5, 0.6) is 0 Å². The highest BCUT2D eigenvalue weighted by Gasteiger charge is 2.44. The number of hydrogen-bond donors (Lipinski definition) is 0. The zero-order valence-corrected chi connectivity index (χ0v) is 14.3. The Morgan fingerprint density at radius 2 is 1.81 bits per heavy atom. The summed E-state index contributed by atoms with van der Waals surface area (Å²) in [6, 6.07) is 5.38. The molecule has 116 valence electrons. The molecule has 1 aliphatic rings. The van der Waals surface area contributed by atoms with Gasteiger partial charge in [0.2, 0.25) is 0 Å². The molecule has 2 nitrogen and oxygen atoms in total. The van der Waals surface area contributed by atoms with Gasteiger partial charge < -0.3 is 0 Å². The van der Waals surface area contributed by atoms with Crippen LogP contribution >= 0.6 is 23.2 Å². The Labute approximate surface area is 137 Å². The second kappa shape index (κ2) is 7.13. The fourth-order valence-electron chi connectivity index (χ4n) is 3.56. The quantitative estimate of drug-likeness (QED) is 0.750. The minimum Gasteiger partial charge on any atom is -0.297 e. The normalized spacial score (nSPS) is 17.4. The molecule has 21 heavy (non-hydrogen) atoms. The maximum absolute atomic E-state index is 13.0. The largest absolute Gasteiger partial charge is 0.297 e. The topological polar surface area (TPSA) is 20.3 Å². The van der Waals surface area contributed by atoms with Crippen molar-refractivity contribution < 1.29 is 4.79 Å². The van der Waals surface area contributed by atoms with Crippen molar-refractivity contribution in [2.45, 2.75) is 51.5 Å². The lowest BCUT2D eigenvalue weighted by Crippen LogP contribution is -2.53. The number of rotatable bonds is 6. The van der Waals surface area contributed by atoms with E-state index in [0.717, 1.165) is 44.3 Å². The van der Waals surface area contributed by atoms with Gasteiger partial charge >= 0.3 is 0 Å². The number of carbonyl (C=O) groups excluding carboxylic acids is 1. The molecule has 1 saturated carbocycles. The molecule has 1 aliphatic carbocycles. The zero-order valence-electron chi connectivity index (χ0n) is 12.8. The van der Waals surface area contributed by atoms with Gasteiger partial charge in [-0.2, -0.15) is 0 Å². The summed E-state index contributed by atoms with van der Waals surface area (Å²) in [4.78, 5) is 15.3. The molecule has 0 saturated heterocycles. The monoisotopic (exact) mass is 327 g/mol. The second-order valence-corrected chi connectivity index (χ2v) is 6.59. The van der Waals surface area contributed by atoms with Gasteiger partial charge in [-0.1, -0.05) is 56.0 Å². The molecule has 0 amide bonds. The van der Waals surface area contributed by atoms with Crippen LogP contribution in [-0.2, 0) is 11.2 Å². The van der Waals surface area contributed by atoms with Gasteiger partial charge in [-0.3, -0.25) is 9.69 Å². The summed E-state index contributed by atoms with van der Waals surface area (Å²) in [5.74, 6) is 0.299. The number of hydrogen-bond acceptors (Lipinski definition) is 2. The molecule has 0 aliphatic heterocycles. The standard InChI is InChI=1S/C17H23Cl2NO/c1-3-20(4-2)17(9-5-6-10-17)16(21)11-13-7-8-14(18)12-15(13)19/h7-8,12H,3-6,9-11H2,1-2H3. The molecule has 0 aromatic heterocycles. The van der Waals surface area contributed by atoms with Gasteiger partial charge in [0.25, 0.3) is 0 Å². The van der Waals surface area contributed by atoms with Gasteiger partial charge in [-0.25, -0.2) is 0 Å². The maximum Gasteiger partial charge on any atom is 0.157 e. The van der Waals surface area contributed by atoms with Crippen LogP contribution in [0, 0.1) is 0 Å². The molecule has 0 heterocycles. The van der Waals surface area contributed by atoms with Crippen molar-refractivity contribution in [1.82, 2.24) is 4.90 Å². The highest BCUT2D eigenvalue weighted by Crippen LogP contribution is 2.37. The van der Waals surface area contributed by atoms with E-state index in [1.807, 2.05) is 6.07 Å². The van der Waals surface area contributed by atoms with Crippen LogP contribution in [0.2, 0.25) is 10.0 Å². The molecule has 0 unspecified atom stereocenters. The SMILES string of the molecule is CCN(CC)C1(C(=O)Cc2ccc(Cl)cc2Cl)CCCC1. The van der Waals surface area contributed by atoms with E-state index in [1.165, 1.54) is 0 Å². The predicted molar refractivity (Wildman–Crippen MR) is 89.3 cm³/mol. The Morgan fingerprint density at radius 1 is 1.19 bits per heavy atom. The van der Waals surface area contributed by atoms with Crippen LogP contribution in [0.25, 0.3) is 0 Å². The molecule has 0 spiro atoms. The molecule has 1 aromatic carbocycles. The number of halogens is 2. The second-order valence-electron chi connectivity index (χ2n) is 5.75. The summed E-state index contributed by atoms with van der Waals surface area (Å²) < 4.78 is 0. The number of benzene rings is 1. The first-order chi connectivity index (χ1) is 10.0. The van der Waals surface area contributed by atoms with E-state index in [4.69, 9.17) is 23.2 Å². The van der Waals surface area contributed by atoms with Crippen LogP contribution in [0.1, 0.15) is 45.1 Å². The molecule has 2 rings (SSSR count). The lowest BCUT2D eigenvalue weighted by atomic mass is 9.86. The van der Waals surface area contributed by atoms with Gasteiger partial charge in [0.15, 0.2) is 5.78 Å². The lowest BCUT2D eigenvalue weighted by molar-refractivity contribution is -0.130. The third-order valence-electron chi connectivity index (χ3n) is 4.68. The van der Waals surface area contributed by atoms with Gasteiger partial charge in [0, 0.05) is 16.5 Å². The number of nitrogens with zero attached hydrogens (tertiary/aromatic N) is 1. The minimum atomic E-state index is -0.285. The first-order valence-electron chi connectivity index (χ1n) is 7.75. The average Bonchev–Trinajstić information content (AvgIpc) is 2.94. The Morgan fingerprint density at radius 3 is 2.33 bits per heavy atom. The average molecular weight is 328 g/mol. The van der Waals surface area contributed by atoms with E-state index < -0.39 is 0 Å². The summed E-state index contributed by atoms with van der Waals surface area (Å²) in [5.41, 5.74) is 0.594. The van der Waals surface area contributed by atoms with Crippen molar-refractivity contribution in [2.24, 2.45) is 0 Å². The van der Waals surface area contributed by atoms with E-state index in [-0.39, 0.29) is 5.54 Å². The lowest BCUT2D eigenvalue weighted by Gasteiger charge is -2.39. The van der Waals surface area contributed by atoms with Crippen molar-refractivity contribution in [1.29, 1.82) is 0 Å². The molecule has 0 atom stereocenters. The Kier molecular flexibility index (Phi) is 5.70. The number of likely N-dealkylation sites (N-methyl/N-ethyl adjacent to an activating group) is 1. The van der Waals surface area contributed by atoms with Gasteiger partial charge in [0.1, 0.15) is 0 Å². The molecule has 0 bridgehead atoms. The Balaban J connectivity index is 2.23. The van der Waals surface area contributed by atoms with E-state index in [9.17, 15) is 4.79 Å². The predicted octanol–water partition coefficient (Wildman–Crippen LogP) is 4.76. The van der Waals surface area contributed by atoms with Crippen molar-refractivity contribution in [3.8, 4) is 0 Å². The highest BCUT2D eigenvalue weighted by molar-refractivity contribution is 6.35. The summed E-state index contributed by atoms with van der Waals surface area (Å²) in [7, 11) is 0. The first-order valence-corrected chi connectivity index (χ1v) is 8.51. The third kappa shape index (κ3) is 3.44. The zero-order chi connectivity index (χ0) is 15.5. The molecule has 1 aromatic rings. The van der Waals surface area contributed by atoms with Crippen molar-refractivity contribution in [3.63, 3.8) is 0 Å². The van der Waals surface area contributed by atoms with E-state index in [1.54, 1.807) is 12.1 Å². The molecule has 0 N–H and O–H groups in total. The highest BCUT2D eigenvalue weighted by atomic mass is 35.5. The van der Waals surface area contributed by atoms with Crippen LogP contribution in [0.15, 0.2) is 18.2 Å². The number of carbonyl (C=O) groups is 1.